The van der Waals surface area contributed by atoms with Crippen LogP contribution in [0.1, 0.15) is 13.8 Å². The highest BCUT2D eigenvalue weighted by atomic mass is 32.2. The number of nitrogens with zero attached hydrogens (tertiary/aromatic N) is 1. The monoisotopic (exact) mass is 180 g/mol. The summed E-state index contributed by atoms with van der Waals surface area (Å²) < 4.78 is 22.9. The predicted molar refractivity (Wildman–Crippen MR) is 41.4 cm³/mol. The first kappa shape index (κ1) is 10.4. The van der Waals surface area contributed by atoms with Crippen molar-refractivity contribution in [1.82, 2.24) is 4.31 Å². The minimum absolute atomic E-state index is 0.266. The molecule has 0 saturated carbocycles. The average Bonchev–Trinajstić information content (AvgIpc) is 1.89. The standard InChI is InChI=1S/C5H12N2O3S/c1-3-7(4-2)11(9,10)5(6)8/h3-4H2,1-2H3,(H2,6,8). The Labute approximate surface area is 66.2 Å². The number of carbonyl (C=O) groups is 1. The van der Waals surface area contributed by atoms with Crippen LogP contribution >= 0.6 is 0 Å². The van der Waals surface area contributed by atoms with Crippen molar-refractivity contribution in [3.05, 3.63) is 0 Å². The lowest BCUT2D eigenvalue weighted by Gasteiger charge is -2.14. The van der Waals surface area contributed by atoms with Gasteiger partial charge < -0.3 is 5.73 Å². The van der Waals surface area contributed by atoms with Crippen molar-refractivity contribution in [2.45, 2.75) is 13.8 Å². The van der Waals surface area contributed by atoms with Crippen LogP contribution in [0.25, 0.3) is 0 Å². The summed E-state index contributed by atoms with van der Waals surface area (Å²) in [4.78, 5) is 10.4. The molecule has 0 unspecified atom stereocenters. The highest BCUT2D eigenvalue weighted by Gasteiger charge is 2.24. The third-order valence-electron chi connectivity index (χ3n) is 1.30. The van der Waals surface area contributed by atoms with E-state index < -0.39 is 15.3 Å². The first-order valence-electron chi connectivity index (χ1n) is 3.26. The smallest absolute Gasteiger partial charge is 0.349 e. The summed E-state index contributed by atoms with van der Waals surface area (Å²) in [6, 6.07) is 0. The number of primary amides is 1. The highest BCUT2D eigenvalue weighted by Crippen LogP contribution is 1.99. The maximum atomic E-state index is 10.9. The lowest BCUT2D eigenvalue weighted by Crippen LogP contribution is -2.38. The number of hydrogen-bond acceptors (Lipinski definition) is 3. The minimum Gasteiger partial charge on any atom is -0.355 e. The van der Waals surface area contributed by atoms with Gasteiger partial charge >= 0.3 is 5.24 Å². The Kier molecular flexibility index (Phi) is 3.47. The predicted octanol–water partition coefficient (Wildman–Crippen LogP) is -0.263. The van der Waals surface area contributed by atoms with E-state index in [0.29, 0.717) is 0 Å². The van der Waals surface area contributed by atoms with E-state index in [9.17, 15) is 13.2 Å². The Morgan fingerprint density at radius 3 is 1.82 bits per heavy atom. The fourth-order valence-electron chi connectivity index (χ4n) is 0.691. The molecule has 0 saturated heterocycles. The van der Waals surface area contributed by atoms with Crippen molar-refractivity contribution in [3.63, 3.8) is 0 Å². The van der Waals surface area contributed by atoms with Crippen molar-refractivity contribution < 1.29 is 13.2 Å². The fourth-order valence-corrected chi connectivity index (χ4v) is 1.63. The van der Waals surface area contributed by atoms with Gasteiger partial charge in [-0.05, 0) is 0 Å². The maximum Gasteiger partial charge on any atom is 0.349 e. The van der Waals surface area contributed by atoms with E-state index in [0.717, 1.165) is 4.31 Å². The molecule has 6 heteroatoms. The van der Waals surface area contributed by atoms with Gasteiger partial charge in [0.05, 0.1) is 0 Å². The summed E-state index contributed by atoms with van der Waals surface area (Å²) in [7, 11) is -3.87. The number of rotatable bonds is 3. The number of nitrogens with two attached hydrogens (primary N) is 1. The molecule has 5 nitrogen and oxygen atoms in total. The van der Waals surface area contributed by atoms with E-state index in [4.69, 9.17) is 0 Å². The van der Waals surface area contributed by atoms with Crippen LogP contribution in [-0.4, -0.2) is 31.1 Å². The molecule has 0 aromatic carbocycles. The van der Waals surface area contributed by atoms with Gasteiger partial charge in [0.1, 0.15) is 0 Å². The fraction of sp³-hybridized carbons (Fsp3) is 0.800. The Morgan fingerprint density at radius 2 is 1.73 bits per heavy atom. The molecule has 0 aromatic heterocycles. The average molecular weight is 180 g/mol. The van der Waals surface area contributed by atoms with E-state index in [1.807, 2.05) is 0 Å². The van der Waals surface area contributed by atoms with Gasteiger partial charge in [-0.15, -0.1) is 0 Å². The van der Waals surface area contributed by atoms with E-state index in [1.165, 1.54) is 0 Å². The van der Waals surface area contributed by atoms with E-state index in [-0.39, 0.29) is 13.1 Å². The van der Waals surface area contributed by atoms with Crippen LogP contribution in [0.15, 0.2) is 0 Å². The zero-order valence-corrected chi connectivity index (χ0v) is 7.39. The molecule has 0 radical (unpaired) electrons. The molecule has 0 spiro atoms. The van der Waals surface area contributed by atoms with Crippen LogP contribution in [0.5, 0.6) is 0 Å². The number of hydrogen-bond donors (Lipinski definition) is 1. The zero-order valence-electron chi connectivity index (χ0n) is 6.57. The first-order chi connectivity index (χ1) is 4.96. The molecule has 2 N–H and O–H groups in total. The van der Waals surface area contributed by atoms with Crippen molar-refractivity contribution >= 4 is 15.3 Å². The molecular formula is C5H12N2O3S. The largest absolute Gasteiger partial charge is 0.355 e. The maximum absolute atomic E-state index is 10.9. The van der Waals surface area contributed by atoms with Gasteiger partial charge in [0.2, 0.25) is 0 Å². The summed E-state index contributed by atoms with van der Waals surface area (Å²) in [5.41, 5.74) is 4.65. The minimum atomic E-state index is -3.87. The SMILES string of the molecule is CCN(CC)S(=O)(=O)C(N)=O. The van der Waals surface area contributed by atoms with E-state index in [2.05, 4.69) is 5.73 Å². The Morgan fingerprint density at radius 1 is 1.36 bits per heavy atom. The second-order valence-corrected chi connectivity index (χ2v) is 3.78. The number of amides is 1. The van der Waals surface area contributed by atoms with Crippen LogP contribution in [0.4, 0.5) is 4.79 Å². The molecule has 1 amide bonds. The molecule has 0 aliphatic heterocycles. The lowest BCUT2D eigenvalue weighted by molar-refractivity contribution is 0.263. The second kappa shape index (κ2) is 3.68. The first-order valence-corrected chi connectivity index (χ1v) is 4.70. The Bertz CT molecular complexity index is 230. The lowest BCUT2D eigenvalue weighted by atomic mass is 10.7. The van der Waals surface area contributed by atoms with Gasteiger partial charge in [-0.1, -0.05) is 13.8 Å². The van der Waals surface area contributed by atoms with Crippen LogP contribution in [0, 0.1) is 0 Å². The molecule has 0 atom stereocenters. The van der Waals surface area contributed by atoms with Crippen molar-refractivity contribution in [2.24, 2.45) is 5.73 Å². The topological polar surface area (TPSA) is 80.5 Å². The van der Waals surface area contributed by atoms with Crippen LogP contribution in [0.3, 0.4) is 0 Å². The summed E-state index contributed by atoms with van der Waals surface area (Å²) in [6.45, 7) is 3.82. The molecule has 0 rings (SSSR count). The quantitative estimate of drug-likeness (QED) is 0.649. The molecule has 0 aliphatic carbocycles. The normalized spacial score (nSPS) is 11.9. The summed E-state index contributed by atoms with van der Waals surface area (Å²) in [6.07, 6.45) is 0. The molecule has 11 heavy (non-hydrogen) atoms. The molecule has 0 bridgehead atoms. The summed E-state index contributed by atoms with van der Waals surface area (Å²) >= 11 is 0. The van der Waals surface area contributed by atoms with Gasteiger partial charge in [-0.2, -0.15) is 4.31 Å². The molecular weight excluding hydrogens is 168 g/mol. The molecule has 0 aromatic rings. The molecule has 0 aliphatic rings. The van der Waals surface area contributed by atoms with Crippen molar-refractivity contribution in [2.75, 3.05) is 13.1 Å². The van der Waals surface area contributed by atoms with Crippen LogP contribution < -0.4 is 5.73 Å². The van der Waals surface area contributed by atoms with Gasteiger partial charge in [0.25, 0.3) is 10.0 Å². The molecule has 0 heterocycles. The second-order valence-electron chi connectivity index (χ2n) is 1.91. The summed E-state index contributed by atoms with van der Waals surface area (Å²) in [5, 5.41) is -1.29. The number of carbonyl (C=O) groups excluding carboxylic acids is 1. The van der Waals surface area contributed by atoms with E-state index >= 15 is 0 Å². The third kappa shape index (κ3) is 2.16. The van der Waals surface area contributed by atoms with Gasteiger partial charge in [-0.25, -0.2) is 8.42 Å². The zero-order chi connectivity index (χ0) is 9.07. The Balaban J connectivity index is 4.67. The van der Waals surface area contributed by atoms with Crippen LogP contribution in [0.2, 0.25) is 0 Å². The van der Waals surface area contributed by atoms with Crippen molar-refractivity contribution in [1.29, 1.82) is 0 Å². The van der Waals surface area contributed by atoms with Gasteiger partial charge in [-0.3, -0.25) is 4.79 Å². The molecule has 0 fully saturated rings. The van der Waals surface area contributed by atoms with Gasteiger partial charge in [0.15, 0.2) is 0 Å². The third-order valence-corrected chi connectivity index (χ3v) is 3.00. The highest BCUT2D eigenvalue weighted by molar-refractivity contribution is 8.03. The number of sulfonamides is 1. The molecule has 66 valence electrons. The van der Waals surface area contributed by atoms with Crippen LogP contribution in [-0.2, 0) is 10.0 Å². The summed E-state index contributed by atoms with van der Waals surface area (Å²) in [5.74, 6) is 0. The van der Waals surface area contributed by atoms with Crippen molar-refractivity contribution in [3.8, 4) is 0 Å². The van der Waals surface area contributed by atoms with E-state index in [1.54, 1.807) is 13.8 Å². The van der Waals surface area contributed by atoms with Gasteiger partial charge in [0, 0.05) is 13.1 Å². The Hall–Kier alpha value is -0.620.